The summed E-state index contributed by atoms with van der Waals surface area (Å²) in [6.45, 7) is 5.55. The van der Waals surface area contributed by atoms with Crippen LogP contribution in [0.25, 0.3) is 0 Å². The van der Waals surface area contributed by atoms with E-state index in [-0.39, 0.29) is 18.4 Å². The van der Waals surface area contributed by atoms with E-state index in [4.69, 9.17) is 9.47 Å². The maximum atomic E-state index is 12.2. The van der Waals surface area contributed by atoms with Gasteiger partial charge in [-0.05, 0) is 31.2 Å². The summed E-state index contributed by atoms with van der Waals surface area (Å²) < 4.78 is 10.9. The summed E-state index contributed by atoms with van der Waals surface area (Å²) in [7, 11) is 0. The Morgan fingerprint density at radius 2 is 1.96 bits per heavy atom. The zero-order chi connectivity index (χ0) is 17.4. The lowest BCUT2D eigenvalue weighted by Crippen LogP contribution is -2.38. The third-order valence-corrected chi connectivity index (χ3v) is 4.62. The quantitative estimate of drug-likeness (QED) is 0.728. The Morgan fingerprint density at radius 1 is 1.21 bits per heavy atom. The highest BCUT2D eigenvalue weighted by Crippen LogP contribution is 2.32. The lowest BCUT2D eigenvalue weighted by Gasteiger charge is -2.21. The molecule has 7 heteroatoms. The Hall–Kier alpha value is -1.89. The minimum absolute atomic E-state index is 0.00623. The Labute approximate surface area is 146 Å². The number of ether oxygens (including phenoxy) is 2. The van der Waals surface area contributed by atoms with E-state index in [0.29, 0.717) is 42.7 Å². The number of fused-ring (bicyclic) bond motifs is 1. The van der Waals surface area contributed by atoms with Crippen LogP contribution in [0.2, 0.25) is 0 Å². The third kappa shape index (κ3) is 5.33. The van der Waals surface area contributed by atoms with Crippen LogP contribution in [0.4, 0.5) is 5.69 Å². The van der Waals surface area contributed by atoms with Crippen LogP contribution in [0, 0.1) is 0 Å². The zero-order valence-corrected chi connectivity index (χ0v) is 15.0. The maximum absolute atomic E-state index is 12.2. The number of anilines is 1. The number of amides is 2. The van der Waals surface area contributed by atoms with Gasteiger partial charge in [0.15, 0.2) is 11.5 Å². The fraction of sp³-hybridized carbons (Fsp3) is 0.529. The van der Waals surface area contributed by atoms with E-state index in [0.717, 1.165) is 12.2 Å². The number of rotatable bonds is 8. The number of nitrogens with one attached hydrogen (secondary N) is 1. The first-order chi connectivity index (χ1) is 11.6. The van der Waals surface area contributed by atoms with E-state index < -0.39 is 0 Å². The first-order valence-corrected chi connectivity index (χ1v) is 9.34. The first-order valence-electron chi connectivity index (χ1n) is 8.19. The van der Waals surface area contributed by atoms with Crippen molar-refractivity contribution in [2.24, 2.45) is 0 Å². The van der Waals surface area contributed by atoms with E-state index in [1.54, 1.807) is 34.9 Å². The van der Waals surface area contributed by atoms with Crippen molar-refractivity contribution < 1.29 is 19.1 Å². The van der Waals surface area contributed by atoms with Gasteiger partial charge < -0.3 is 19.7 Å². The van der Waals surface area contributed by atoms with Crippen molar-refractivity contribution in [3.05, 3.63) is 18.2 Å². The fourth-order valence-corrected chi connectivity index (χ4v) is 3.06. The molecule has 1 aliphatic rings. The molecular weight excluding hydrogens is 328 g/mol. The van der Waals surface area contributed by atoms with Gasteiger partial charge in [-0.25, -0.2) is 0 Å². The molecule has 0 spiro atoms. The standard InChI is InChI=1S/C17H24N2O4S/c1-3-9-24-12-17(21)19(4-2)11-16(20)18-13-5-6-14-15(10-13)23-8-7-22-14/h5-6,10H,3-4,7-9,11-12H2,1-2H3,(H,18,20). The van der Waals surface area contributed by atoms with Gasteiger partial charge in [0.1, 0.15) is 13.2 Å². The van der Waals surface area contributed by atoms with E-state index in [1.807, 2.05) is 6.92 Å². The van der Waals surface area contributed by atoms with Gasteiger partial charge >= 0.3 is 0 Å². The first kappa shape index (κ1) is 18.4. The van der Waals surface area contributed by atoms with Crippen molar-refractivity contribution in [1.29, 1.82) is 0 Å². The summed E-state index contributed by atoms with van der Waals surface area (Å²) in [6, 6.07) is 5.27. The van der Waals surface area contributed by atoms with E-state index in [1.165, 1.54) is 0 Å². The van der Waals surface area contributed by atoms with Gasteiger partial charge in [0.25, 0.3) is 0 Å². The molecule has 0 bridgehead atoms. The molecule has 1 aromatic rings. The lowest BCUT2D eigenvalue weighted by atomic mass is 10.2. The topological polar surface area (TPSA) is 67.9 Å². The predicted octanol–water partition coefficient (Wildman–Crippen LogP) is 2.39. The average molecular weight is 352 g/mol. The van der Waals surface area contributed by atoms with Crippen molar-refractivity contribution in [2.75, 3.05) is 43.1 Å². The largest absolute Gasteiger partial charge is 0.486 e. The van der Waals surface area contributed by atoms with Crippen LogP contribution in [0.3, 0.4) is 0 Å². The summed E-state index contributed by atoms with van der Waals surface area (Å²) in [6.07, 6.45) is 1.04. The Morgan fingerprint density at radius 3 is 2.67 bits per heavy atom. The molecule has 2 amide bonds. The smallest absolute Gasteiger partial charge is 0.243 e. The molecule has 24 heavy (non-hydrogen) atoms. The number of nitrogens with zero attached hydrogens (tertiary/aromatic N) is 1. The fourth-order valence-electron chi connectivity index (χ4n) is 2.27. The molecule has 0 fully saturated rings. The summed E-state index contributed by atoms with van der Waals surface area (Å²) >= 11 is 1.60. The monoisotopic (exact) mass is 352 g/mol. The van der Waals surface area contributed by atoms with Crippen molar-refractivity contribution >= 4 is 29.3 Å². The second kappa shape index (κ2) is 9.42. The number of benzene rings is 1. The molecule has 6 nitrogen and oxygen atoms in total. The number of thioether (sulfide) groups is 1. The van der Waals surface area contributed by atoms with Gasteiger partial charge in [-0.2, -0.15) is 11.8 Å². The van der Waals surface area contributed by atoms with Crippen LogP contribution in [-0.4, -0.2) is 54.5 Å². The number of hydrogen-bond donors (Lipinski definition) is 1. The van der Waals surface area contributed by atoms with Crippen LogP contribution in [0.15, 0.2) is 18.2 Å². The summed E-state index contributed by atoms with van der Waals surface area (Å²) in [4.78, 5) is 25.9. The molecule has 0 aliphatic carbocycles. The van der Waals surface area contributed by atoms with Gasteiger partial charge in [-0.1, -0.05) is 6.92 Å². The van der Waals surface area contributed by atoms with E-state index in [9.17, 15) is 9.59 Å². The van der Waals surface area contributed by atoms with Crippen LogP contribution in [0.5, 0.6) is 11.5 Å². The molecule has 1 N–H and O–H groups in total. The van der Waals surface area contributed by atoms with Crippen molar-refractivity contribution in [3.63, 3.8) is 0 Å². The molecule has 0 aromatic heterocycles. The molecule has 0 saturated heterocycles. The van der Waals surface area contributed by atoms with Crippen LogP contribution < -0.4 is 14.8 Å². The molecule has 0 unspecified atom stereocenters. The third-order valence-electron chi connectivity index (χ3n) is 3.47. The van der Waals surface area contributed by atoms with Crippen molar-refractivity contribution in [3.8, 4) is 11.5 Å². The molecule has 1 aromatic carbocycles. The molecule has 0 atom stereocenters. The lowest BCUT2D eigenvalue weighted by molar-refractivity contribution is -0.132. The second-order valence-electron chi connectivity index (χ2n) is 5.37. The van der Waals surface area contributed by atoms with Gasteiger partial charge in [0.2, 0.25) is 11.8 Å². The zero-order valence-electron chi connectivity index (χ0n) is 14.2. The molecule has 0 saturated carbocycles. The summed E-state index contributed by atoms with van der Waals surface area (Å²) in [5.74, 6) is 2.44. The van der Waals surface area contributed by atoms with E-state index in [2.05, 4.69) is 12.2 Å². The minimum Gasteiger partial charge on any atom is -0.486 e. The van der Waals surface area contributed by atoms with Crippen LogP contribution in [0.1, 0.15) is 20.3 Å². The Balaban J connectivity index is 1.88. The molecule has 1 heterocycles. The Kier molecular flexibility index (Phi) is 7.24. The van der Waals surface area contributed by atoms with E-state index >= 15 is 0 Å². The van der Waals surface area contributed by atoms with Gasteiger partial charge in [0, 0.05) is 18.3 Å². The maximum Gasteiger partial charge on any atom is 0.243 e. The van der Waals surface area contributed by atoms with Crippen molar-refractivity contribution in [1.82, 2.24) is 4.90 Å². The minimum atomic E-state index is -0.220. The molecule has 0 radical (unpaired) electrons. The summed E-state index contributed by atoms with van der Waals surface area (Å²) in [5, 5.41) is 2.80. The molecule has 2 rings (SSSR count). The highest BCUT2D eigenvalue weighted by molar-refractivity contribution is 7.99. The Bertz CT molecular complexity index is 580. The number of carbonyl (C=O) groups excluding carboxylic acids is 2. The molecule has 132 valence electrons. The number of carbonyl (C=O) groups is 2. The normalized spacial score (nSPS) is 12.6. The summed E-state index contributed by atoms with van der Waals surface area (Å²) in [5.41, 5.74) is 0.633. The van der Waals surface area contributed by atoms with Crippen molar-refractivity contribution in [2.45, 2.75) is 20.3 Å². The molecular formula is C17H24N2O4S. The predicted molar refractivity (Wildman–Crippen MR) is 95.9 cm³/mol. The highest BCUT2D eigenvalue weighted by Gasteiger charge is 2.17. The van der Waals surface area contributed by atoms with Crippen LogP contribution >= 0.6 is 11.8 Å². The SMILES string of the molecule is CCCSCC(=O)N(CC)CC(=O)Nc1ccc2c(c1)OCCO2. The number of hydrogen-bond acceptors (Lipinski definition) is 5. The van der Waals surface area contributed by atoms with Gasteiger partial charge in [-0.3, -0.25) is 9.59 Å². The molecule has 1 aliphatic heterocycles. The number of likely N-dealkylation sites (N-methyl/N-ethyl adjacent to an activating group) is 1. The second-order valence-corrected chi connectivity index (χ2v) is 6.47. The highest BCUT2D eigenvalue weighted by atomic mass is 32.2. The van der Waals surface area contributed by atoms with Gasteiger partial charge in [0.05, 0.1) is 12.3 Å². The average Bonchev–Trinajstić information content (AvgIpc) is 2.59. The van der Waals surface area contributed by atoms with Gasteiger partial charge in [-0.15, -0.1) is 0 Å². The van der Waals surface area contributed by atoms with Crippen LogP contribution in [-0.2, 0) is 9.59 Å².